The van der Waals surface area contributed by atoms with Gasteiger partial charge in [-0.1, -0.05) is 51.0 Å². The molecule has 0 spiro atoms. The first kappa shape index (κ1) is 52.0. The Bertz CT molecular complexity index is 2900. The number of carbonyl (C=O) groups excluding carboxylic acids is 2. The van der Waals surface area contributed by atoms with Crippen LogP contribution in [0.2, 0.25) is 0 Å². The van der Waals surface area contributed by atoms with Crippen LogP contribution in [0.25, 0.3) is 63.8 Å². The second-order valence-corrected chi connectivity index (χ2v) is 24.2. The monoisotopic (exact) mass is 1040 g/mol. The summed E-state index contributed by atoms with van der Waals surface area (Å²) in [7, 11) is 3.46. The van der Waals surface area contributed by atoms with E-state index < -0.39 is 0 Å². The number of methoxy groups -OCH3 is 2. The highest BCUT2D eigenvalue weighted by Gasteiger charge is 2.32. The van der Waals surface area contributed by atoms with Crippen molar-refractivity contribution in [3.8, 4) is 43.4 Å². The topological polar surface area (TPSA) is 116 Å². The molecule has 1 aliphatic carbocycles. The molecule has 2 aliphatic rings. The number of nitrogens with zero attached hydrogens (tertiary/aromatic N) is 4. The number of benzene rings is 2. The minimum absolute atomic E-state index is 0.289. The zero-order valence-corrected chi connectivity index (χ0v) is 45.8. The van der Waals surface area contributed by atoms with E-state index in [0.29, 0.717) is 55.1 Å². The standard InChI is InChI=1S/C30H34N2O2S2.C29H33N3O2S2/c1-19-14-20(2)29-24(15-19)28(27(35-29)17-23(33)9-5-4-6-13-34-3)30-32-25-16-21(10-11-26(25)36-30)22-8-7-12-31-18-22;1-18-14-23-27(26(35-28(23)19(2)31-18)16-22(33)9-5-4-6-13-34-3)29-32-24-15-20(10-11-25(24)36-29)21-8-7-12-30-17-21/h7-8,10-12,16,18-20H,4-6,9,13-15,17H2,1-3H3;7-8,10-12,15,17-19,31H,4-6,9,13-14,16H2,1-3H3. The average Bonchev–Trinajstić information content (AvgIpc) is 4.17. The lowest BCUT2D eigenvalue weighted by molar-refractivity contribution is -0.119. The highest BCUT2D eigenvalue weighted by Crippen LogP contribution is 2.49. The summed E-state index contributed by atoms with van der Waals surface area (Å²) >= 11 is 7.17. The van der Waals surface area contributed by atoms with Crippen molar-refractivity contribution in [3.63, 3.8) is 0 Å². The molecule has 13 heteroatoms. The summed E-state index contributed by atoms with van der Waals surface area (Å²) in [6.07, 6.45) is 18.9. The maximum atomic E-state index is 13.0. The average molecular weight is 1040 g/mol. The molecular weight excluding hydrogens is 971 g/mol. The molecule has 0 amide bonds. The summed E-state index contributed by atoms with van der Waals surface area (Å²) < 4.78 is 12.6. The van der Waals surface area contributed by atoms with Crippen molar-refractivity contribution >= 4 is 77.3 Å². The minimum atomic E-state index is 0.289. The van der Waals surface area contributed by atoms with Crippen LogP contribution in [0.15, 0.2) is 85.5 Å². The van der Waals surface area contributed by atoms with Crippen LogP contribution in [0.3, 0.4) is 0 Å². The van der Waals surface area contributed by atoms with Crippen molar-refractivity contribution in [3.05, 3.63) is 116 Å². The molecule has 6 aromatic heterocycles. The number of hydrogen-bond acceptors (Lipinski definition) is 13. The van der Waals surface area contributed by atoms with E-state index in [2.05, 4.69) is 91.5 Å². The number of ether oxygens (including phenoxy) is 2. The lowest BCUT2D eigenvalue weighted by atomic mass is 9.81. The van der Waals surface area contributed by atoms with Gasteiger partial charge in [0, 0.05) is 132 Å². The van der Waals surface area contributed by atoms with E-state index in [9.17, 15) is 9.59 Å². The zero-order chi connectivity index (χ0) is 50.1. The lowest BCUT2D eigenvalue weighted by Gasteiger charge is -2.26. The van der Waals surface area contributed by atoms with Crippen molar-refractivity contribution < 1.29 is 19.1 Å². The van der Waals surface area contributed by atoms with Crippen molar-refractivity contribution in [2.45, 2.75) is 129 Å². The number of pyridine rings is 2. The van der Waals surface area contributed by atoms with E-state index in [4.69, 9.17) is 19.4 Å². The fourth-order valence-electron chi connectivity index (χ4n) is 10.5. The third kappa shape index (κ3) is 12.4. The van der Waals surface area contributed by atoms with Crippen molar-refractivity contribution in [1.82, 2.24) is 25.3 Å². The fourth-order valence-corrected chi connectivity index (χ4v) is 15.5. The van der Waals surface area contributed by atoms with Crippen LogP contribution in [-0.4, -0.2) is 65.0 Å². The lowest BCUT2D eigenvalue weighted by Crippen LogP contribution is -2.35. The second-order valence-electron chi connectivity index (χ2n) is 19.8. The number of ketones is 2. The van der Waals surface area contributed by atoms with Gasteiger partial charge in [0.25, 0.3) is 0 Å². The molecule has 0 saturated carbocycles. The molecule has 9 nitrogen and oxygen atoms in total. The predicted octanol–water partition coefficient (Wildman–Crippen LogP) is 15.1. The molecule has 4 unspecified atom stereocenters. The number of hydrogen-bond donors (Lipinski definition) is 1. The number of Topliss-reactive ketones (excluding diaryl/α,β-unsaturated/α-hetero) is 2. The maximum absolute atomic E-state index is 13.0. The first-order valence-electron chi connectivity index (χ1n) is 25.8. The molecule has 10 rings (SSSR count). The summed E-state index contributed by atoms with van der Waals surface area (Å²) in [6.45, 7) is 10.7. The Hall–Kier alpha value is -4.86. The summed E-state index contributed by atoms with van der Waals surface area (Å²) in [5.41, 5.74) is 11.8. The summed E-state index contributed by atoms with van der Waals surface area (Å²) in [6, 6.07) is 21.7. The van der Waals surface area contributed by atoms with Crippen LogP contribution in [0.5, 0.6) is 0 Å². The van der Waals surface area contributed by atoms with E-state index in [1.807, 2.05) is 47.2 Å². The quantitative estimate of drug-likeness (QED) is 0.0745. The fraction of sp³-hybridized carbons (Fsp3) is 0.424. The Morgan fingerprint density at radius 1 is 0.611 bits per heavy atom. The van der Waals surface area contributed by atoms with Crippen LogP contribution >= 0.6 is 45.3 Å². The Morgan fingerprint density at radius 3 is 1.62 bits per heavy atom. The smallest absolute Gasteiger partial charge is 0.138 e. The number of carbonyl (C=O) groups is 2. The van der Waals surface area contributed by atoms with E-state index in [-0.39, 0.29) is 6.04 Å². The van der Waals surface area contributed by atoms with Gasteiger partial charge < -0.3 is 14.8 Å². The third-order valence-corrected chi connectivity index (χ3v) is 18.9. The number of thiazole rings is 2. The Morgan fingerprint density at radius 2 is 1.12 bits per heavy atom. The highest BCUT2D eigenvalue weighted by molar-refractivity contribution is 7.22. The van der Waals surface area contributed by atoms with Gasteiger partial charge in [0.2, 0.25) is 0 Å². The van der Waals surface area contributed by atoms with Crippen LogP contribution in [0.1, 0.15) is 128 Å². The normalized spacial score (nSPS) is 17.4. The first-order chi connectivity index (χ1) is 35.1. The molecular formula is C59H67N5O4S4. The van der Waals surface area contributed by atoms with Crippen molar-refractivity contribution in [2.75, 3.05) is 27.4 Å². The number of nitrogens with one attached hydrogen (secondary N) is 1. The van der Waals surface area contributed by atoms with Gasteiger partial charge in [0.1, 0.15) is 21.6 Å². The van der Waals surface area contributed by atoms with Gasteiger partial charge in [-0.25, -0.2) is 9.97 Å². The predicted molar refractivity (Wildman–Crippen MR) is 301 cm³/mol. The zero-order valence-electron chi connectivity index (χ0n) is 42.6. The van der Waals surface area contributed by atoms with Gasteiger partial charge in [0.15, 0.2) is 0 Å². The summed E-state index contributed by atoms with van der Waals surface area (Å²) in [4.78, 5) is 50.0. The molecule has 0 saturated heterocycles. The molecule has 1 N–H and O–H groups in total. The maximum Gasteiger partial charge on any atom is 0.138 e. The van der Waals surface area contributed by atoms with Gasteiger partial charge in [-0.05, 0) is 129 Å². The number of aromatic nitrogens is 4. The molecule has 0 radical (unpaired) electrons. The van der Waals surface area contributed by atoms with Crippen molar-refractivity contribution in [1.29, 1.82) is 0 Å². The van der Waals surface area contributed by atoms with E-state index in [0.717, 1.165) is 108 Å². The van der Waals surface area contributed by atoms with E-state index in [1.54, 1.807) is 49.3 Å². The molecule has 376 valence electrons. The number of rotatable bonds is 20. The molecule has 4 atom stereocenters. The SMILES string of the molecule is COCCCCCC(=O)Cc1sc2c(c1-c1nc3cc(-c4cccnc4)ccc3s1)CC(C)CC2C.COCCCCCC(=O)Cc1sc2c(c1-c1nc3cc(-c4cccnc4)ccc3s1)CC(C)NC2C. The van der Waals surface area contributed by atoms with Crippen LogP contribution in [0, 0.1) is 5.92 Å². The number of thiophene rings is 2. The van der Waals surface area contributed by atoms with Crippen LogP contribution in [-0.2, 0) is 44.7 Å². The van der Waals surface area contributed by atoms with Gasteiger partial charge in [-0.2, -0.15) is 0 Å². The van der Waals surface area contributed by atoms with Gasteiger partial charge in [0.05, 0.1) is 20.4 Å². The van der Waals surface area contributed by atoms with E-state index >= 15 is 0 Å². The highest BCUT2D eigenvalue weighted by atomic mass is 32.1. The molecule has 0 fully saturated rings. The Balaban J connectivity index is 0.000000178. The molecule has 1 aliphatic heterocycles. The molecule has 7 heterocycles. The first-order valence-corrected chi connectivity index (χ1v) is 29.0. The number of unbranched alkanes of at least 4 members (excludes halogenated alkanes) is 4. The second kappa shape index (κ2) is 24.4. The third-order valence-electron chi connectivity index (χ3n) is 13.9. The molecule has 2 aromatic carbocycles. The van der Waals surface area contributed by atoms with Crippen LogP contribution < -0.4 is 5.32 Å². The van der Waals surface area contributed by atoms with Gasteiger partial charge >= 0.3 is 0 Å². The minimum Gasteiger partial charge on any atom is -0.385 e. The van der Waals surface area contributed by atoms with Gasteiger partial charge in [-0.15, -0.1) is 45.3 Å². The molecule has 72 heavy (non-hydrogen) atoms. The summed E-state index contributed by atoms with van der Waals surface area (Å²) in [5, 5.41) is 5.78. The Kier molecular flexibility index (Phi) is 17.7. The Labute approximate surface area is 440 Å². The summed E-state index contributed by atoms with van der Waals surface area (Å²) in [5.74, 6) is 1.85. The van der Waals surface area contributed by atoms with E-state index in [1.165, 1.54) is 57.6 Å². The van der Waals surface area contributed by atoms with Gasteiger partial charge in [-0.3, -0.25) is 19.6 Å². The molecule has 8 aromatic rings. The number of fused-ring (bicyclic) bond motifs is 4. The van der Waals surface area contributed by atoms with Crippen molar-refractivity contribution in [2.24, 2.45) is 5.92 Å². The van der Waals surface area contributed by atoms with Crippen LogP contribution in [0.4, 0.5) is 0 Å². The molecule has 0 bridgehead atoms. The largest absolute Gasteiger partial charge is 0.385 e.